The molecule has 0 spiro atoms. The molecule has 25 heavy (non-hydrogen) atoms. The van der Waals surface area contributed by atoms with Crippen molar-refractivity contribution < 1.29 is 21.6 Å². The second kappa shape index (κ2) is 6.86. The molecule has 10 heteroatoms. The number of halogens is 1. The molecule has 0 unspecified atom stereocenters. The van der Waals surface area contributed by atoms with E-state index in [2.05, 4.69) is 0 Å². The van der Waals surface area contributed by atoms with Crippen LogP contribution in [-0.4, -0.2) is 82.0 Å². The van der Waals surface area contributed by atoms with Crippen LogP contribution in [0, 0.1) is 0 Å². The fourth-order valence-corrected chi connectivity index (χ4v) is 8.36. The van der Waals surface area contributed by atoms with Crippen molar-refractivity contribution in [3.8, 4) is 0 Å². The molecular weight excluding hydrogens is 388 g/mol. The predicted octanol–water partition coefficient (Wildman–Crippen LogP) is 0.0533. The summed E-state index contributed by atoms with van der Waals surface area (Å²) < 4.78 is 50.3. The minimum Gasteiger partial charge on any atom is -0.343 e. The molecule has 3 rings (SSSR count). The average molecular weight is 407 g/mol. The number of benzene rings is 1. The summed E-state index contributed by atoms with van der Waals surface area (Å²) in [5.41, 5.74) is 0. The number of amides is 1. The van der Waals surface area contributed by atoms with E-state index in [0.717, 1.165) is 6.41 Å². The largest absolute Gasteiger partial charge is 0.343 e. The Kier molecular flexibility index (Phi) is 5.11. The Morgan fingerprint density at radius 1 is 1.04 bits per heavy atom. The van der Waals surface area contributed by atoms with Gasteiger partial charge >= 0.3 is 0 Å². The zero-order chi connectivity index (χ0) is 18.2. The molecule has 2 saturated heterocycles. The lowest BCUT2D eigenvalue weighted by atomic mass is 10.2. The summed E-state index contributed by atoms with van der Waals surface area (Å²) in [5, 5.41) is -0.596. The first-order chi connectivity index (χ1) is 11.7. The normalized spacial score (nSPS) is 27.3. The van der Waals surface area contributed by atoms with E-state index in [0.29, 0.717) is 31.2 Å². The van der Waals surface area contributed by atoms with Crippen LogP contribution < -0.4 is 0 Å². The zero-order valence-corrected chi connectivity index (χ0v) is 15.8. The van der Waals surface area contributed by atoms with E-state index >= 15 is 0 Å². The SMILES string of the molecule is O=CN1CCN([C@H]2CS(=O)(=O)C[C@@H]2S(=O)(=O)c2ccc(Cl)cc2)CC1. The summed E-state index contributed by atoms with van der Waals surface area (Å²) in [5.74, 6) is -0.553. The van der Waals surface area contributed by atoms with Gasteiger partial charge in [-0.2, -0.15) is 0 Å². The number of carbonyl (C=O) groups excluding carboxylic acids is 1. The van der Waals surface area contributed by atoms with Crippen molar-refractivity contribution in [3.63, 3.8) is 0 Å². The maximum absolute atomic E-state index is 13.0. The van der Waals surface area contributed by atoms with Crippen LogP contribution >= 0.6 is 11.6 Å². The second-order valence-electron chi connectivity index (χ2n) is 6.36. The molecule has 7 nitrogen and oxygen atoms in total. The predicted molar refractivity (Wildman–Crippen MR) is 94.1 cm³/mol. The molecule has 2 fully saturated rings. The summed E-state index contributed by atoms with van der Waals surface area (Å²) in [7, 11) is -7.25. The molecule has 2 atom stereocenters. The van der Waals surface area contributed by atoms with Crippen LogP contribution in [0.4, 0.5) is 0 Å². The fraction of sp³-hybridized carbons (Fsp3) is 0.533. The highest BCUT2D eigenvalue weighted by Gasteiger charge is 2.48. The van der Waals surface area contributed by atoms with Gasteiger partial charge in [-0.1, -0.05) is 11.6 Å². The van der Waals surface area contributed by atoms with Crippen LogP contribution in [0.3, 0.4) is 0 Å². The number of carbonyl (C=O) groups is 1. The Morgan fingerprint density at radius 2 is 1.64 bits per heavy atom. The second-order valence-corrected chi connectivity index (χ2v) is 11.1. The number of piperazine rings is 1. The maximum Gasteiger partial charge on any atom is 0.209 e. The fourth-order valence-electron chi connectivity index (χ4n) is 3.41. The molecule has 2 aliphatic rings. The van der Waals surface area contributed by atoms with E-state index in [1.165, 1.54) is 24.3 Å². The van der Waals surface area contributed by atoms with E-state index in [-0.39, 0.29) is 16.4 Å². The lowest BCUT2D eigenvalue weighted by Gasteiger charge is -2.37. The third-order valence-corrected chi connectivity index (χ3v) is 9.17. The van der Waals surface area contributed by atoms with Gasteiger partial charge in [-0.3, -0.25) is 9.69 Å². The molecule has 0 bridgehead atoms. The first-order valence-electron chi connectivity index (χ1n) is 7.86. The van der Waals surface area contributed by atoms with Crippen LogP contribution in [0.5, 0.6) is 0 Å². The van der Waals surface area contributed by atoms with Crippen LogP contribution in [-0.2, 0) is 24.5 Å². The summed E-state index contributed by atoms with van der Waals surface area (Å²) >= 11 is 5.81. The van der Waals surface area contributed by atoms with Crippen molar-refractivity contribution in [2.24, 2.45) is 0 Å². The number of sulfone groups is 2. The van der Waals surface area contributed by atoms with Gasteiger partial charge < -0.3 is 4.90 Å². The molecule has 1 aromatic rings. The van der Waals surface area contributed by atoms with Crippen molar-refractivity contribution >= 4 is 37.7 Å². The van der Waals surface area contributed by atoms with Gasteiger partial charge in [0.05, 0.1) is 21.7 Å². The van der Waals surface area contributed by atoms with Crippen LogP contribution in [0.1, 0.15) is 0 Å². The van der Waals surface area contributed by atoms with Crippen LogP contribution in [0.2, 0.25) is 5.02 Å². The Balaban J connectivity index is 1.89. The Morgan fingerprint density at radius 3 is 2.20 bits per heavy atom. The quantitative estimate of drug-likeness (QED) is 0.656. The number of rotatable bonds is 4. The van der Waals surface area contributed by atoms with E-state index < -0.39 is 31.0 Å². The molecule has 138 valence electrons. The summed E-state index contributed by atoms with van der Waals surface area (Å²) in [4.78, 5) is 14.4. The van der Waals surface area contributed by atoms with E-state index in [1.807, 2.05) is 4.90 Å². The maximum atomic E-state index is 13.0. The van der Waals surface area contributed by atoms with Gasteiger partial charge in [-0.05, 0) is 24.3 Å². The summed E-state index contributed by atoms with van der Waals surface area (Å²) in [6.45, 7) is 1.86. The topological polar surface area (TPSA) is 91.8 Å². The standard InChI is InChI=1S/C15H19ClN2O5S2/c16-12-1-3-13(4-2-12)25(22,23)15-10-24(20,21)9-14(15)18-7-5-17(11-19)6-8-18/h1-4,11,14-15H,5-10H2/t14-,15-/m0/s1. The van der Waals surface area contributed by atoms with Crippen molar-refractivity contribution in [1.82, 2.24) is 9.80 Å². The van der Waals surface area contributed by atoms with Gasteiger partial charge in [0, 0.05) is 37.2 Å². The highest BCUT2D eigenvalue weighted by Crippen LogP contribution is 2.30. The zero-order valence-electron chi connectivity index (χ0n) is 13.4. The highest BCUT2D eigenvalue weighted by atomic mass is 35.5. The molecule has 1 aromatic carbocycles. The lowest BCUT2D eigenvalue weighted by molar-refractivity contribution is -0.119. The van der Waals surface area contributed by atoms with Crippen LogP contribution in [0.25, 0.3) is 0 Å². The van der Waals surface area contributed by atoms with Crippen LogP contribution in [0.15, 0.2) is 29.2 Å². The Hall–Kier alpha value is -1.16. The number of nitrogens with zero attached hydrogens (tertiary/aromatic N) is 2. The van der Waals surface area contributed by atoms with Gasteiger partial charge in [0.15, 0.2) is 19.7 Å². The third-order valence-electron chi connectivity index (χ3n) is 4.78. The molecule has 0 aromatic heterocycles. The van der Waals surface area contributed by atoms with Gasteiger partial charge in [0.25, 0.3) is 0 Å². The minimum atomic E-state index is -3.81. The van der Waals surface area contributed by atoms with Crippen molar-refractivity contribution in [3.05, 3.63) is 29.3 Å². The van der Waals surface area contributed by atoms with Crippen molar-refractivity contribution in [2.45, 2.75) is 16.2 Å². The van der Waals surface area contributed by atoms with E-state index in [4.69, 9.17) is 11.6 Å². The molecule has 0 N–H and O–H groups in total. The Bertz CT molecular complexity index is 846. The highest BCUT2D eigenvalue weighted by molar-refractivity contribution is 7.96. The van der Waals surface area contributed by atoms with E-state index in [1.54, 1.807) is 4.90 Å². The third kappa shape index (κ3) is 3.84. The molecule has 1 amide bonds. The average Bonchev–Trinajstić information content (AvgIpc) is 2.92. The molecule has 0 saturated carbocycles. The smallest absolute Gasteiger partial charge is 0.209 e. The lowest BCUT2D eigenvalue weighted by Crippen LogP contribution is -2.54. The first kappa shape index (κ1) is 18.6. The minimum absolute atomic E-state index is 0.0792. The first-order valence-corrected chi connectivity index (χ1v) is 11.6. The molecular formula is C15H19ClN2O5S2. The monoisotopic (exact) mass is 406 g/mol. The van der Waals surface area contributed by atoms with Gasteiger partial charge in [0.1, 0.15) is 0 Å². The molecule has 0 radical (unpaired) electrons. The number of hydrogen-bond donors (Lipinski definition) is 0. The summed E-state index contributed by atoms with van der Waals surface area (Å²) in [6.07, 6.45) is 0.755. The molecule has 0 aliphatic carbocycles. The van der Waals surface area contributed by atoms with Crippen molar-refractivity contribution in [1.29, 1.82) is 0 Å². The van der Waals surface area contributed by atoms with Gasteiger partial charge in [0.2, 0.25) is 6.41 Å². The van der Waals surface area contributed by atoms with E-state index in [9.17, 15) is 21.6 Å². The van der Waals surface area contributed by atoms with Gasteiger partial charge in [-0.15, -0.1) is 0 Å². The molecule has 2 heterocycles. The Labute approximate surface area is 152 Å². The van der Waals surface area contributed by atoms with Gasteiger partial charge in [-0.25, -0.2) is 16.8 Å². The van der Waals surface area contributed by atoms with Crippen molar-refractivity contribution in [2.75, 3.05) is 37.7 Å². The summed E-state index contributed by atoms with van der Waals surface area (Å²) in [6, 6.07) is 5.18. The molecule has 2 aliphatic heterocycles. The number of hydrogen-bond acceptors (Lipinski definition) is 6.